The third-order valence-electron chi connectivity index (χ3n) is 3.98. The Hall–Kier alpha value is -1.83. The summed E-state index contributed by atoms with van der Waals surface area (Å²) in [5, 5.41) is 16.5. The summed E-state index contributed by atoms with van der Waals surface area (Å²) >= 11 is 0. The second kappa shape index (κ2) is 6.56. The number of aryl methyl sites for hydroxylation is 2. The molecule has 108 valence electrons. The van der Waals surface area contributed by atoms with Crippen LogP contribution in [-0.4, -0.2) is 21.7 Å². The van der Waals surface area contributed by atoms with Gasteiger partial charge in [0.2, 0.25) is 0 Å². The topological polar surface area (TPSA) is 70.7 Å². The van der Waals surface area contributed by atoms with Crippen molar-refractivity contribution in [1.29, 1.82) is 5.26 Å². The Kier molecular flexibility index (Phi) is 4.78. The standard InChI is InChI=1S/C15H22N4O/c1-3-19-14(9-11(2)18-19)15(20)17-13(10-16)12-7-5-4-6-8-12/h9,12-13H,3-8H2,1-2H3,(H,17,20). The van der Waals surface area contributed by atoms with E-state index in [1.807, 2.05) is 13.8 Å². The fourth-order valence-corrected chi connectivity index (χ4v) is 2.91. The van der Waals surface area contributed by atoms with Gasteiger partial charge in [0, 0.05) is 6.54 Å². The molecule has 0 bridgehead atoms. The first-order chi connectivity index (χ1) is 9.65. The third-order valence-corrected chi connectivity index (χ3v) is 3.98. The highest BCUT2D eigenvalue weighted by Gasteiger charge is 2.26. The van der Waals surface area contributed by atoms with Crippen LogP contribution in [-0.2, 0) is 6.54 Å². The minimum absolute atomic E-state index is 0.190. The third kappa shape index (κ3) is 3.19. The number of rotatable bonds is 4. The van der Waals surface area contributed by atoms with Crippen molar-refractivity contribution in [2.45, 2.75) is 58.5 Å². The van der Waals surface area contributed by atoms with Crippen LogP contribution >= 0.6 is 0 Å². The number of hydrogen-bond donors (Lipinski definition) is 1. The van der Waals surface area contributed by atoms with Crippen LogP contribution in [0.1, 0.15) is 55.2 Å². The van der Waals surface area contributed by atoms with E-state index in [-0.39, 0.29) is 17.9 Å². The van der Waals surface area contributed by atoms with Gasteiger partial charge in [-0.25, -0.2) is 0 Å². The van der Waals surface area contributed by atoms with Crippen molar-refractivity contribution in [2.24, 2.45) is 5.92 Å². The maximum Gasteiger partial charge on any atom is 0.270 e. The summed E-state index contributed by atoms with van der Waals surface area (Å²) in [5.41, 5.74) is 1.37. The van der Waals surface area contributed by atoms with E-state index in [0.717, 1.165) is 31.4 Å². The maximum atomic E-state index is 12.3. The molecule has 1 N–H and O–H groups in total. The van der Waals surface area contributed by atoms with Crippen LogP contribution in [0, 0.1) is 24.2 Å². The van der Waals surface area contributed by atoms with Gasteiger partial charge in [0.15, 0.2) is 0 Å². The van der Waals surface area contributed by atoms with Gasteiger partial charge in [0.1, 0.15) is 11.7 Å². The Balaban J connectivity index is 2.07. The summed E-state index contributed by atoms with van der Waals surface area (Å²) in [5.74, 6) is 0.0985. The van der Waals surface area contributed by atoms with Gasteiger partial charge in [0.05, 0.1) is 11.8 Å². The molecule has 1 saturated carbocycles. The van der Waals surface area contributed by atoms with E-state index in [1.165, 1.54) is 6.42 Å². The highest BCUT2D eigenvalue weighted by atomic mass is 16.2. The van der Waals surface area contributed by atoms with Crippen molar-refractivity contribution < 1.29 is 4.79 Å². The number of hydrogen-bond acceptors (Lipinski definition) is 3. The first kappa shape index (κ1) is 14.6. The van der Waals surface area contributed by atoms with Gasteiger partial charge in [-0.3, -0.25) is 9.48 Å². The molecule has 1 aromatic heterocycles. The number of nitrogens with zero attached hydrogens (tertiary/aromatic N) is 3. The predicted octanol–water partition coefficient (Wildman–Crippen LogP) is 2.41. The Labute approximate surface area is 120 Å². The van der Waals surface area contributed by atoms with Crippen LogP contribution in [0.15, 0.2) is 6.07 Å². The predicted molar refractivity (Wildman–Crippen MR) is 76.1 cm³/mol. The lowest BCUT2D eigenvalue weighted by molar-refractivity contribution is 0.0918. The minimum atomic E-state index is -0.386. The van der Waals surface area contributed by atoms with Crippen molar-refractivity contribution in [3.63, 3.8) is 0 Å². The van der Waals surface area contributed by atoms with E-state index >= 15 is 0 Å². The van der Waals surface area contributed by atoms with E-state index in [1.54, 1.807) is 10.7 Å². The van der Waals surface area contributed by atoms with Gasteiger partial charge in [-0.15, -0.1) is 0 Å². The lowest BCUT2D eigenvalue weighted by atomic mass is 9.84. The normalized spacial score (nSPS) is 17.4. The Morgan fingerprint density at radius 2 is 2.25 bits per heavy atom. The first-order valence-corrected chi connectivity index (χ1v) is 7.40. The Morgan fingerprint density at radius 1 is 1.55 bits per heavy atom. The highest BCUT2D eigenvalue weighted by Crippen LogP contribution is 2.26. The van der Waals surface area contributed by atoms with Gasteiger partial charge in [-0.05, 0) is 38.7 Å². The van der Waals surface area contributed by atoms with Gasteiger partial charge in [-0.1, -0.05) is 19.3 Å². The van der Waals surface area contributed by atoms with Crippen molar-refractivity contribution in [3.05, 3.63) is 17.5 Å². The Bertz CT molecular complexity index is 508. The van der Waals surface area contributed by atoms with Crippen molar-refractivity contribution in [3.8, 4) is 6.07 Å². The van der Waals surface area contributed by atoms with Gasteiger partial charge < -0.3 is 5.32 Å². The monoisotopic (exact) mass is 274 g/mol. The number of nitriles is 1. The molecule has 1 unspecified atom stereocenters. The van der Waals surface area contributed by atoms with Crippen molar-refractivity contribution >= 4 is 5.91 Å². The second-order valence-corrected chi connectivity index (χ2v) is 5.47. The highest BCUT2D eigenvalue weighted by molar-refractivity contribution is 5.93. The molecule has 1 heterocycles. The summed E-state index contributed by atoms with van der Waals surface area (Å²) < 4.78 is 1.68. The average molecular weight is 274 g/mol. The lowest BCUT2D eigenvalue weighted by Crippen LogP contribution is -2.40. The van der Waals surface area contributed by atoms with Gasteiger partial charge in [0.25, 0.3) is 5.91 Å². The van der Waals surface area contributed by atoms with Crippen molar-refractivity contribution in [1.82, 2.24) is 15.1 Å². The largest absolute Gasteiger partial charge is 0.335 e. The molecule has 5 nitrogen and oxygen atoms in total. The van der Waals surface area contributed by atoms with Crippen LogP contribution in [0.3, 0.4) is 0 Å². The summed E-state index contributed by atoms with van der Waals surface area (Å²) in [6.45, 7) is 4.47. The van der Waals surface area contributed by atoms with Crippen LogP contribution in [0.2, 0.25) is 0 Å². The number of carbonyl (C=O) groups excluding carboxylic acids is 1. The molecule has 0 saturated heterocycles. The van der Waals surface area contributed by atoms with Crippen molar-refractivity contribution in [2.75, 3.05) is 0 Å². The molecule has 0 spiro atoms. The molecule has 5 heteroatoms. The zero-order valence-electron chi connectivity index (χ0n) is 12.2. The second-order valence-electron chi connectivity index (χ2n) is 5.47. The number of aromatic nitrogens is 2. The zero-order valence-corrected chi connectivity index (χ0v) is 12.2. The van der Waals surface area contributed by atoms with Crippen LogP contribution < -0.4 is 5.32 Å². The van der Waals surface area contributed by atoms with Crippen LogP contribution in [0.5, 0.6) is 0 Å². The van der Waals surface area contributed by atoms with Crippen LogP contribution in [0.4, 0.5) is 0 Å². The summed E-state index contributed by atoms with van der Waals surface area (Å²) in [6, 6.07) is 3.64. The lowest BCUT2D eigenvalue weighted by Gasteiger charge is -2.26. The first-order valence-electron chi connectivity index (χ1n) is 7.40. The van der Waals surface area contributed by atoms with Gasteiger partial charge in [-0.2, -0.15) is 10.4 Å². The molecule has 1 atom stereocenters. The molecule has 0 aromatic carbocycles. The fraction of sp³-hybridized carbons (Fsp3) is 0.667. The number of carbonyl (C=O) groups is 1. The molecule has 0 radical (unpaired) electrons. The average Bonchev–Trinajstić information content (AvgIpc) is 2.86. The van der Waals surface area contributed by atoms with E-state index < -0.39 is 0 Å². The Morgan fingerprint density at radius 3 is 2.85 bits per heavy atom. The minimum Gasteiger partial charge on any atom is -0.335 e. The van der Waals surface area contributed by atoms with Crippen LogP contribution in [0.25, 0.3) is 0 Å². The summed E-state index contributed by atoms with van der Waals surface area (Å²) in [4.78, 5) is 12.3. The van der Waals surface area contributed by atoms with E-state index in [0.29, 0.717) is 12.2 Å². The molecule has 1 amide bonds. The molecular weight excluding hydrogens is 252 g/mol. The maximum absolute atomic E-state index is 12.3. The number of nitrogens with one attached hydrogen (secondary N) is 1. The summed E-state index contributed by atoms with van der Waals surface area (Å²) in [6.07, 6.45) is 5.62. The smallest absolute Gasteiger partial charge is 0.270 e. The molecule has 2 rings (SSSR count). The molecule has 1 aromatic rings. The quantitative estimate of drug-likeness (QED) is 0.916. The molecule has 1 aliphatic rings. The van der Waals surface area contributed by atoms with E-state index in [2.05, 4.69) is 16.5 Å². The summed E-state index contributed by atoms with van der Waals surface area (Å²) in [7, 11) is 0. The fourth-order valence-electron chi connectivity index (χ4n) is 2.91. The molecular formula is C15H22N4O. The van der Waals surface area contributed by atoms with Gasteiger partial charge >= 0.3 is 0 Å². The number of amides is 1. The SMILES string of the molecule is CCn1nc(C)cc1C(=O)NC(C#N)C1CCCCC1. The zero-order chi connectivity index (χ0) is 14.5. The van der Waals surface area contributed by atoms with E-state index in [4.69, 9.17) is 0 Å². The molecule has 1 aliphatic carbocycles. The molecule has 0 aliphatic heterocycles. The van der Waals surface area contributed by atoms with E-state index in [9.17, 15) is 10.1 Å². The molecule has 20 heavy (non-hydrogen) atoms. The molecule has 1 fully saturated rings.